The number of halogens is 1. The predicted octanol–water partition coefficient (Wildman–Crippen LogP) is 1.68. The third kappa shape index (κ3) is 3.80. The Balaban J connectivity index is 1.51. The number of hydrogen-bond donors (Lipinski definition) is 1. The SMILES string of the molecule is CC(=O)Nc1ncc(CN2C[C@@H](Oc3ncc(F)cn3)[C@H]2C)s1. The highest BCUT2D eigenvalue weighted by Crippen LogP contribution is 2.27. The maximum absolute atomic E-state index is 12.8. The number of nitrogens with zero attached hydrogens (tertiary/aromatic N) is 4. The Morgan fingerprint density at radius 3 is 2.83 bits per heavy atom. The van der Waals surface area contributed by atoms with E-state index in [0.717, 1.165) is 30.4 Å². The fourth-order valence-corrected chi connectivity index (χ4v) is 3.16. The Hall–Kier alpha value is -2.13. The van der Waals surface area contributed by atoms with Crippen LogP contribution in [-0.4, -0.2) is 44.4 Å². The zero-order valence-electron chi connectivity index (χ0n) is 12.7. The van der Waals surface area contributed by atoms with E-state index in [1.165, 1.54) is 18.3 Å². The Labute approximate surface area is 136 Å². The summed E-state index contributed by atoms with van der Waals surface area (Å²) < 4.78 is 18.4. The van der Waals surface area contributed by atoms with E-state index in [4.69, 9.17) is 4.74 Å². The molecule has 1 aliphatic rings. The molecule has 0 unspecified atom stereocenters. The summed E-state index contributed by atoms with van der Waals surface area (Å²) in [5.74, 6) is -0.614. The molecule has 2 aromatic rings. The molecule has 2 atom stereocenters. The van der Waals surface area contributed by atoms with E-state index in [1.54, 1.807) is 6.20 Å². The summed E-state index contributed by atoms with van der Waals surface area (Å²) in [7, 11) is 0. The lowest BCUT2D eigenvalue weighted by molar-refractivity contribution is -0.114. The zero-order valence-corrected chi connectivity index (χ0v) is 13.5. The van der Waals surface area contributed by atoms with E-state index >= 15 is 0 Å². The van der Waals surface area contributed by atoms with Gasteiger partial charge in [0, 0.05) is 37.1 Å². The highest BCUT2D eigenvalue weighted by atomic mass is 32.1. The molecular formula is C14H16FN5O2S. The van der Waals surface area contributed by atoms with Crippen LogP contribution in [-0.2, 0) is 11.3 Å². The van der Waals surface area contributed by atoms with E-state index in [2.05, 4.69) is 25.2 Å². The number of hydrogen-bond acceptors (Lipinski definition) is 7. The first kappa shape index (κ1) is 15.8. The Kier molecular flexibility index (Phi) is 4.49. The van der Waals surface area contributed by atoms with E-state index in [9.17, 15) is 9.18 Å². The summed E-state index contributed by atoms with van der Waals surface area (Å²) >= 11 is 1.46. The quantitative estimate of drug-likeness (QED) is 0.894. The Bertz CT molecular complexity index is 693. The van der Waals surface area contributed by atoms with Crippen molar-refractivity contribution in [2.24, 2.45) is 0 Å². The van der Waals surface area contributed by atoms with Crippen LogP contribution in [0.15, 0.2) is 18.6 Å². The molecule has 3 rings (SSSR count). The van der Waals surface area contributed by atoms with Crippen molar-refractivity contribution in [3.63, 3.8) is 0 Å². The van der Waals surface area contributed by atoms with Gasteiger partial charge in [-0.2, -0.15) is 0 Å². The van der Waals surface area contributed by atoms with Crippen LogP contribution in [0.1, 0.15) is 18.7 Å². The average molecular weight is 337 g/mol. The number of rotatable bonds is 5. The van der Waals surface area contributed by atoms with Gasteiger partial charge in [-0.3, -0.25) is 9.69 Å². The molecule has 122 valence electrons. The Morgan fingerprint density at radius 1 is 1.43 bits per heavy atom. The van der Waals surface area contributed by atoms with Crippen molar-refractivity contribution < 1.29 is 13.9 Å². The van der Waals surface area contributed by atoms with Crippen LogP contribution in [0.25, 0.3) is 0 Å². The van der Waals surface area contributed by atoms with Crippen molar-refractivity contribution in [2.45, 2.75) is 32.5 Å². The first-order valence-electron chi connectivity index (χ1n) is 7.12. The third-order valence-electron chi connectivity index (χ3n) is 3.58. The van der Waals surface area contributed by atoms with Crippen LogP contribution in [0.3, 0.4) is 0 Å². The summed E-state index contributed by atoms with van der Waals surface area (Å²) in [6, 6.07) is 0.378. The Morgan fingerprint density at radius 2 is 2.17 bits per heavy atom. The largest absolute Gasteiger partial charge is 0.457 e. The van der Waals surface area contributed by atoms with Crippen LogP contribution in [0, 0.1) is 5.82 Å². The molecular weight excluding hydrogens is 321 g/mol. The van der Waals surface area contributed by atoms with E-state index in [-0.39, 0.29) is 24.1 Å². The molecule has 2 aromatic heterocycles. The number of carbonyl (C=O) groups excluding carboxylic acids is 1. The van der Waals surface area contributed by atoms with Gasteiger partial charge in [0.2, 0.25) is 5.91 Å². The third-order valence-corrected chi connectivity index (χ3v) is 4.47. The van der Waals surface area contributed by atoms with Crippen molar-refractivity contribution >= 4 is 22.4 Å². The van der Waals surface area contributed by atoms with Crippen molar-refractivity contribution in [3.8, 4) is 6.01 Å². The number of nitrogens with one attached hydrogen (secondary N) is 1. The van der Waals surface area contributed by atoms with Gasteiger partial charge in [-0.15, -0.1) is 11.3 Å². The smallest absolute Gasteiger partial charge is 0.316 e. The topological polar surface area (TPSA) is 80.2 Å². The molecule has 0 bridgehead atoms. The molecule has 1 saturated heterocycles. The van der Waals surface area contributed by atoms with Gasteiger partial charge in [0.15, 0.2) is 10.9 Å². The summed E-state index contributed by atoms with van der Waals surface area (Å²) in [6.07, 6.45) is 3.91. The normalized spacial score (nSPS) is 20.8. The molecule has 1 amide bonds. The molecule has 0 spiro atoms. The number of likely N-dealkylation sites (tertiary alicyclic amines) is 1. The molecule has 3 heterocycles. The molecule has 0 radical (unpaired) electrons. The van der Waals surface area contributed by atoms with Crippen molar-refractivity contribution in [1.29, 1.82) is 0 Å². The van der Waals surface area contributed by atoms with Crippen LogP contribution >= 0.6 is 11.3 Å². The van der Waals surface area contributed by atoms with E-state index < -0.39 is 5.82 Å². The van der Waals surface area contributed by atoms with Crippen LogP contribution in [0.2, 0.25) is 0 Å². The van der Waals surface area contributed by atoms with Crippen LogP contribution in [0.4, 0.5) is 9.52 Å². The number of aromatic nitrogens is 3. The molecule has 9 heteroatoms. The predicted molar refractivity (Wildman–Crippen MR) is 82.7 cm³/mol. The number of anilines is 1. The van der Waals surface area contributed by atoms with Gasteiger partial charge < -0.3 is 10.1 Å². The van der Waals surface area contributed by atoms with Gasteiger partial charge in [-0.1, -0.05) is 0 Å². The minimum Gasteiger partial charge on any atom is -0.457 e. The average Bonchev–Trinajstić information content (AvgIpc) is 2.94. The van der Waals surface area contributed by atoms with Crippen LogP contribution < -0.4 is 10.1 Å². The lowest BCUT2D eigenvalue weighted by atomic mass is 10.0. The minimum absolute atomic E-state index is 0.0248. The first-order valence-corrected chi connectivity index (χ1v) is 7.93. The number of amides is 1. The fourth-order valence-electron chi connectivity index (χ4n) is 2.28. The fraction of sp³-hybridized carbons (Fsp3) is 0.429. The monoisotopic (exact) mass is 337 g/mol. The van der Waals surface area contributed by atoms with Crippen molar-refractivity contribution in [2.75, 3.05) is 11.9 Å². The second kappa shape index (κ2) is 6.55. The lowest BCUT2D eigenvalue weighted by Crippen LogP contribution is -2.60. The van der Waals surface area contributed by atoms with E-state index in [1.807, 2.05) is 6.92 Å². The highest BCUT2D eigenvalue weighted by molar-refractivity contribution is 7.15. The van der Waals surface area contributed by atoms with Gasteiger partial charge in [0.05, 0.1) is 12.4 Å². The molecule has 23 heavy (non-hydrogen) atoms. The summed E-state index contributed by atoms with van der Waals surface area (Å²) in [4.78, 5) is 26.0. The molecule has 7 nitrogen and oxygen atoms in total. The molecule has 0 aliphatic carbocycles. The highest BCUT2D eigenvalue weighted by Gasteiger charge is 2.37. The molecule has 1 N–H and O–H groups in total. The number of thiazole rings is 1. The summed E-state index contributed by atoms with van der Waals surface area (Å²) in [5, 5.41) is 3.27. The molecule has 0 saturated carbocycles. The number of carbonyl (C=O) groups is 1. The zero-order chi connectivity index (χ0) is 16.4. The molecule has 1 fully saturated rings. The van der Waals surface area contributed by atoms with Gasteiger partial charge in [0.25, 0.3) is 0 Å². The summed E-state index contributed by atoms with van der Waals surface area (Å²) in [6.45, 7) is 4.98. The minimum atomic E-state index is -0.485. The summed E-state index contributed by atoms with van der Waals surface area (Å²) in [5.41, 5.74) is 0. The molecule has 0 aromatic carbocycles. The van der Waals surface area contributed by atoms with Crippen molar-refractivity contribution in [3.05, 3.63) is 29.3 Å². The van der Waals surface area contributed by atoms with Crippen LogP contribution in [0.5, 0.6) is 6.01 Å². The standard InChI is InChI=1S/C14H16FN5O2S/c1-8-12(22-13-16-3-10(15)4-17-13)7-20(8)6-11-5-18-14(23-11)19-9(2)21/h3-5,8,12H,6-7H2,1-2H3,(H,18,19,21)/t8-,12-/m1/s1. The van der Waals surface area contributed by atoms with Crippen molar-refractivity contribution in [1.82, 2.24) is 19.9 Å². The van der Waals surface area contributed by atoms with Gasteiger partial charge >= 0.3 is 6.01 Å². The second-order valence-corrected chi connectivity index (χ2v) is 6.44. The molecule has 1 aliphatic heterocycles. The first-order chi connectivity index (χ1) is 11.0. The maximum atomic E-state index is 12.8. The van der Waals surface area contributed by atoms with Gasteiger partial charge in [0.1, 0.15) is 6.10 Å². The van der Waals surface area contributed by atoms with E-state index in [0.29, 0.717) is 5.13 Å². The van der Waals surface area contributed by atoms with Gasteiger partial charge in [-0.05, 0) is 6.92 Å². The maximum Gasteiger partial charge on any atom is 0.316 e. The number of ether oxygens (including phenoxy) is 1. The second-order valence-electron chi connectivity index (χ2n) is 5.32. The van der Waals surface area contributed by atoms with Gasteiger partial charge in [-0.25, -0.2) is 19.3 Å². The lowest BCUT2D eigenvalue weighted by Gasteiger charge is -2.45.